The number of hydrogen-bond acceptors (Lipinski definition) is 4. The summed E-state index contributed by atoms with van der Waals surface area (Å²) >= 11 is 18.2. The number of nitrogens with zero attached hydrogens (tertiary/aromatic N) is 2. The topological polar surface area (TPSA) is 69.7 Å². The van der Waals surface area contributed by atoms with Crippen LogP contribution in [-0.2, 0) is 9.59 Å². The van der Waals surface area contributed by atoms with Crippen molar-refractivity contribution < 1.29 is 14.4 Å². The number of hydrogen-bond donors (Lipinski definition) is 1. The van der Waals surface area contributed by atoms with Gasteiger partial charge in [-0.15, -0.1) is 0 Å². The van der Waals surface area contributed by atoms with Gasteiger partial charge in [-0.25, -0.2) is 4.90 Å². The molecular formula is C23H20Cl3N3O3. The van der Waals surface area contributed by atoms with Crippen molar-refractivity contribution in [3.8, 4) is 0 Å². The maximum absolute atomic E-state index is 13.0. The van der Waals surface area contributed by atoms with Crippen LogP contribution in [0.1, 0.15) is 36.5 Å². The summed E-state index contributed by atoms with van der Waals surface area (Å²) < 4.78 is 0. The second kappa shape index (κ2) is 9.14. The van der Waals surface area contributed by atoms with Crippen LogP contribution in [0.4, 0.5) is 11.4 Å². The Kier molecular flexibility index (Phi) is 6.47. The fourth-order valence-electron chi connectivity index (χ4n) is 3.95. The molecule has 2 aromatic carbocycles. The molecule has 0 aromatic heterocycles. The number of imide groups is 1. The molecule has 2 heterocycles. The molecule has 32 heavy (non-hydrogen) atoms. The van der Waals surface area contributed by atoms with E-state index in [1.807, 2.05) is 11.8 Å². The van der Waals surface area contributed by atoms with Crippen LogP contribution in [0, 0.1) is 0 Å². The number of rotatable bonds is 4. The highest BCUT2D eigenvalue weighted by Gasteiger charge is 2.39. The number of halogens is 3. The van der Waals surface area contributed by atoms with Gasteiger partial charge >= 0.3 is 0 Å². The number of nitrogens with one attached hydrogen (secondary N) is 1. The summed E-state index contributed by atoms with van der Waals surface area (Å²) in [5.74, 6) is -1.39. The van der Waals surface area contributed by atoms with Gasteiger partial charge in [0.2, 0.25) is 0 Å². The molecule has 3 amide bonds. The van der Waals surface area contributed by atoms with Crippen LogP contribution in [0.2, 0.25) is 10.0 Å². The molecule has 0 bridgehead atoms. The number of carbonyl (C=O) groups is 3. The molecule has 0 radical (unpaired) electrons. The first-order valence-electron chi connectivity index (χ1n) is 10.2. The minimum Gasteiger partial charge on any atom is -0.350 e. The zero-order valence-corrected chi connectivity index (χ0v) is 19.5. The molecule has 166 valence electrons. The van der Waals surface area contributed by atoms with Crippen LogP contribution in [0.25, 0.3) is 0 Å². The van der Waals surface area contributed by atoms with E-state index in [2.05, 4.69) is 5.32 Å². The molecule has 2 aromatic rings. The highest BCUT2D eigenvalue weighted by Crippen LogP contribution is 2.33. The third-order valence-electron chi connectivity index (χ3n) is 5.58. The SMILES string of the molecule is CC1CCCCN1C(=O)c1cccc(NC2=C(Cl)C(=O)N(c3cc(Cl)cc(Cl)c3)C2=O)c1. The molecule has 2 aliphatic heterocycles. The number of piperidine rings is 1. The Morgan fingerprint density at radius 2 is 1.72 bits per heavy atom. The maximum Gasteiger partial charge on any atom is 0.283 e. The van der Waals surface area contributed by atoms with Crippen LogP contribution in [0.3, 0.4) is 0 Å². The van der Waals surface area contributed by atoms with Crippen LogP contribution in [0.5, 0.6) is 0 Å². The average molecular weight is 493 g/mol. The van der Waals surface area contributed by atoms with Crippen molar-refractivity contribution in [2.75, 3.05) is 16.8 Å². The van der Waals surface area contributed by atoms with E-state index in [9.17, 15) is 14.4 Å². The first kappa shape index (κ1) is 22.6. The molecule has 1 unspecified atom stereocenters. The van der Waals surface area contributed by atoms with E-state index in [4.69, 9.17) is 34.8 Å². The molecule has 1 saturated heterocycles. The summed E-state index contributed by atoms with van der Waals surface area (Å²) in [5.41, 5.74) is 1.11. The standard InChI is InChI=1S/C23H20Cl3N3O3/c1-13-5-2-3-8-28(13)21(30)14-6-4-7-17(9-14)27-20-19(26)22(31)29(23(20)32)18-11-15(24)10-16(25)12-18/h4,6-7,9-13,27H,2-3,5,8H2,1H3. The fourth-order valence-corrected chi connectivity index (χ4v) is 4.68. The van der Waals surface area contributed by atoms with Crippen molar-refractivity contribution in [1.82, 2.24) is 4.90 Å². The normalized spacial score (nSPS) is 19.1. The van der Waals surface area contributed by atoms with Gasteiger partial charge in [0, 0.05) is 33.9 Å². The Balaban J connectivity index is 1.57. The van der Waals surface area contributed by atoms with Crippen LogP contribution < -0.4 is 10.2 Å². The van der Waals surface area contributed by atoms with Gasteiger partial charge in [0.25, 0.3) is 17.7 Å². The van der Waals surface area contributed by atoms with E-state index in [1.165, 1.54) is 18.2 Å². The van der Waals surface area contributed by atoms with Crippen molar-refractivity contribution >= 4 is 63.9 Å². The number of amides is 3. The molecule has 1 atom stereocenters. The summed E-state index contributed by atoms with van der Waals surface area (Å²) in [4.78, 5) is 41.4. The van der Waals surface area contributed by atoms with E-state index in [-0.39, 0.29) is 38.4 Å². The quantitative estimate of drug-likeness (QED) is 0.577. The van der Waals surface area contributed by atoms with Gasteiger partial charge in [-0.1, -0.05) is 40.9 Å². The number of likely N-dealkylation sites (tertiary alicyclic amines) is 1. The zero-order chi connectivity index (χ0) is 23.0. The molecular weight excluding hydrogens is 473 g/mol. The van der Waals surface area contributed by atoms with E-state index in [0.717, 1.165) is 30.7 Å². The van der Waals surface area contributed by atoms with Crippen LogP contribution in [0.15, 0.2) is 53.2 Å². The lowest BCUT2D eigenvalue weighted by atomic mass is 10.0. The van der Waals surface area contributed by atoms with Crippen molar-refractivity contribution in [3.63, 3.8) is 0 Å². The minimum atomic E-state index is -0.688. The molecule has 0 aliphatic carbocycles. The van der Waals surface area contributed by atoms with Gasteiger partial charge in [0.15, 0.2) is 0 Å². The highest BCUT2D eigenvalue weighted by atomic mass is 35.5. The summed E-state index contributed by atoms with van der Waals surface area (Å²) in [6.07, 6.45) is 3.08. The zero-order valence-electron chi connectivity index (χ0n) is 17.2. The minimum absolute atomic E-state index is 0.0649. The van der Waals surface area contributed by atoms with Gasteiger partial charge < -0.3 is 10.2 Å². The predicted molar refractivity (Wildman–Crippen MR) is 126 cm³/mol. The Bertz CT molecular complexity index is 1130. The smallest absolute Gasteiger partial charge is 0.283 e. The molecule has 9 heteroatoms. The second-order valence-corrected chi connectivity index (χ2v) is 9.06. The molecule has 2 aliphatic rings. The Labute approximate surface area is 200 Å². The third-order valence-corrected chi connectivity index (χ3v) is 6.36. The first-order chi connectivity index (χ1) is 15.3. The number of benzene rings is 2. The fraction of sp³-hybridized carbons (Fsp3) is 0.261. The molecule has 1 N–H and O–H groups in total. The van der Waals surface area contributed by atoms with Gasteiger partial charge in [0.1, 0.15) is 10.7 Å². The van der Waals surface area contributed by atoms with E-state index in [1.54, 1.807) is 24.3 Å². The molecule has 6 nitrogen and oxygen atoms in total. The van der Waals surface area contributed by atoms with E-state index >= 15 is 0 Å². The Hall–Kier alpha value is -2.54. The van der Waals surface area contributed by atoms with E-state index in [0.29, 0.717) is 11.3 Å². The molecule has 0 saturated carbocycles. The van der Waals surface area contributed by atoms with Crippen LogP contribution in [-0.4, -0.2) is 35.2 Å². The summed E-state index contributed by atoms with van der Waals surface area (Å²) in [5, 5.41) is 3.21. The summed E-state index contributed by atoms with van der Waals surface area (Å²) in [6, 6.07) is 11.4. The molecule has 4 rings (SSSR count). The second-order valence-electron chi connectivity index (χ2n) is 7.81. The van der Waals surface area contributed by atoms with Crippen LogP contribution >= 0.6 is 34.8 Å². The van der Waals surface area contributed by atoms with Gasteiger partial charge in [-0.05, 0) is 62.6 Å². The van der Waals surface area contributed by atoms with Gasteiger partial charge in [0.05, 0.1) is 5.69 Å². The van der Waals surface area contributed by atoms with Crippen molar-refractivity contribution in [3.05, 3.63) is 68.8 Å². The van der Waals surface area contributed by atoms with E-state index < -0.39 is 11.8 Å². The molecule has 0 spiro atoms. The monoisotopic (exact) mass is 491 g/mol. The predicted octanol–water partition coefficient (Wildman–Crippen LogP) is 5.44. The number of anilines is 2. The third kappa shape index (κ3) is 4.35. The Morgan fingerprint density at radius 1 is 1.00 bits per heavy atom. The lowest BCUT2D eigenvalue weighted by molar-refractivity contribution is -0.120. The lowest BCUT2D eigenvalue weighted by Crippen LogP contribution is -2.42. The highest BCUT2D eigenvalue weighted by molar-refractivity contribution is 6.53. The number of carbonyl (C=O) groups excluding carboxylic acids is 3. The average Bonchev–Trinajstić information content (AvgIpc) is 2.96. The molecule has 1 fully saturated rings. The van der Waals surface area contributed by atoms with Crippen molar-refractivity contribution in [2.24, 2.45) is 0 Å². The first-order valence-corrected chi connectivity index (χ1v) is 11.3. The Morgan fingerprint density at radius 3 is 2.41 bits per heavy atom. The summed E-state index contributed by atoms with van der Waals surface area (Å²) in [7, 11) is 0. The van der Waals surface area contributed by atoms with Crippen molar-refractivity contribution in [1.29, 1.82) is 0 Å². The van der Waals surface area contributed by atoms with Gasteiger partial charge in [-0.3, -0.25) is 14.4 Å². The lowest BCUT2D eigenvalue weighted by Gasteiger charge is -2.33. The van der Waals surface area contributed by atoms with Gasteiger partial charge in [-0.2, -0.15) is 0 Å². The largest absolute Gasteiger partial charge is 0.350 e. The maximum atomic E-state index is 13.0. The summed E-state index contributed by atoms with van der Waals surface area (Å²) in [6.45, 7) is 2.77. The van der Waals surface area contributed by atoms with Crippen molar-refractivity contribution in [2.45, 2.75) is 32.2 Å².